The maximum atomic E-state index is 11.7. The van der Waals surface area contributed by atoms with E-state index < -0.39 is 11.9 Å². The molecule has 0 aliphatic rings. The summed E-state index contributed by atoms with van der Waals surface area (Å²) in [6.07, 6.45) is 0.789. The lowest BCUT2D eigenvalue weighted by Crippen LogP contribution is -2.37. The van der Waals surface area contributed by atoms with Gasteiger partial charge in [0.05, 0.1) is 0 Å². The molecule has 120 valence electrons. The molecule has 6 nitrogen and oxygen atoms in total. The number of amides is 2. The molecule has 0 unspecified atom stereocenters. The highest BCUT2D eigenvalue weighted by atomic mass is 35.5. The van der Waals surface area contributed by atoms with Crippen molar-refractivity contribution in [2.24, 2.45) is 0 Å². The number of hydrogen-bond acceptors (Lipinski definition) is 4. The number of esters is 1. The van der Waals surface area contributed by atoms with Crippen LogP contribution in [0.25, 0.3) is 0 Å². The predicted octanol–water partition coefficient (Wildman–Crippen LogP) is 1.53. The molecule has 0 bridgehead atoms. The van der Waals surface area contributed by atoms with Gasteiger partial charge in [0.15, 0.2) is 6.61 Å². The van der Waals surface area contributed by atoms with Gasteiger partial charge in [-0.25, -0.2) is 0 Å². The molecule has 1 rings (SSSR count). The fourth-order valence-electron chi connectivity index (χ4n) is 1.47. The minimum Gasteiger partial charge on any atom is -0.454 e. The number of carbonyl (C=O) groups excluding carboxylic acids is 3. The van der Waals surface area contributed by atoms with E-state index in [0.29, 0.717) is 10.6 Å². The van der Waals surface area contributed by atoms with E-state index in [-0.39, 0.29) is 25.1 Å². The van der Waals surface area contributed by atoms with Gasteiger partial charge in [-0.2, -0.15) is 0 Å². The number of ether oxygens (including phenoxy) is 1. The van der Waals surface area contributed by atoms with Crippen LogP contribution in [0.3, 0.4) is 0 Å². The Bertz CT molecular complexity index is 531. The standard InChI is InChI=1S/C15H19ClN2O4/c1-3-10(2)18-13(19)9-22-14(20)8-17-15(21)11-4-6-12(16)7-5-11/h4-7,10H,3,8-9H2,1-2H3,(H,17,21)(H,18,19)/t10-/m0/s1. The fraction of sp³-hybridized carbons (Fsp3) is 0.400. The van der Waals surface area contributed by atoms with E-state index in [1.165, 1.54) is 0 Å². The first-order chi connectivity index (χ1) is 10.4. The first-order valence-corrected chi connectivity index (χ1v) is 7.29. The third-order valence-corrected chi connectivity index (χ3v) is 3.14. The van der Waals surface area contributed by atoms with Gasteiger partial charge >= 0.3 is 5.97 Å². The molecule has 0 aromatic heterocycles. The van der Waals surface area contributed by atoms with Crippen LogP contribution in [0.4, 0.5) is 0 Å². The van der Waals surface area contributed by atoms with E-state index in [4.69, 9.17) is 16.3 Å². The van der Waals surface area contributed by atoms with Crippen LogP contribution in [-0.2, 0) is 14.3 Å². The van der Waals surface area contributed by atoms with E-state index in [0.717, 1.165) is 6.42 Å². The Hall–Kier alpha value is -2.08. The van der Waals surface area contributed by atoms with Crippen LogP contribution in [-0.4, -0.2) is 37.0 Å². The Balaban J connectivity index is 2.29. The van der Waals surface area contributed by atoms with Crippen LogP contribution in [0.1, 0.15) is 30.6 Å². The zero-order chi connectivity index (χ0) is 16.5. The van der Waals surface area contributed by atoms with Gasteiger partial charge in [0.2, 0.25) is 0 Å². The molecule has 0 saturated heterocycles. The first-order valence-electron chi connectivity index (χ1n) is 6.91. The molecule has 0 aliphatic carbocycles. The molecule has 0 heterocycles. The molecular formula is C15H19ClN2O4. The third kappa shape index (κ3) is 6.58. The summed E-state index contributed by atoms with van der Waals surface area (Å²) in [4.78, 5) is 34.6. The minimum atomic E-state index is -0.679. The highest BCUT2D eigenvalue weighted by molar-refractivity contribution is 6.30. The summed E-state index contributed by atoms with van der Waals surface area (Å²) in [7, 11) is 0. The molecule has 2 amide bonds. The first kappa shape index (κ1) is 18.0. The van der Waals surface area contributed by atoms with Gasteiger partial charge in [0.1, 0.15) is 6.54 Å². The molecule has 0 radical (unpaired) electrons. The Labute approximate surface area is 134 Å². The average molecular weight is 327 g/mol. The lowest BCUT2D eigenvalue weighted by atomic mass is 10.2. The van der Waals surface area contributed by atoms with Crippen LogP contribution < -0.4 is 10.6 Å². The van der Waals surface area contributed by atoms with Crippen LogP contribution in [0.15, 0.2) is 24.3 Å². The fourth-order valence-corrected chi connectivity index (χ4v) is 1.60. The smallest absolute Gasteiger partial charge is 0.325 e. The summed E-state index contributed by atoms with van der Waals surface area (Å²) in [5.41, 5.74) is 0.381. The molecule has 0 aliphatic heterocycles. The van der Waals surface area contributed by atoms with Crippen molar-refractivity contribution < 1.29 is 19.1 Å². The van der Waals surface area contributed by atoms with Crippen LogP contribution in [0.2, 0.25) is 5.02 Å². The third-order valence-electron chi connectivity index (χ3n) is 2.88. The molecule has 1 aromatic rings. The zero-order valence-electron chi connectivity index (χ0n) is 12.5. The maximum Gasteiger partial charge on any atom is 0.325 e. The zero-order valence-corrected chi connectivity index (χ0v) is 13.3. The van der Waals surface area contributed by atoms with Crippen molar-refractivity contribution >= 4 is 29.4 Å². The van der Waals surface area contributed by atoms with Crippen molar-refractivity contribution in [3.63, 3.8) is 0 Å². The molecule has 0 saturated carbocycles. The van der Waals surface area contributed by atoms with E-state index in [9.17, 15) is 14.4 Å². The number of halogens is 1. The van der Waals surface area contributed by atoms with E-state index in [1.807, 2.05) is 13.8 Å². The van der Waals surface area contributed by atoms with Crippen LogP contribution >= 0.6 is 11.6 Å². The number of hydrogen-bond donors (Lipinski definition) is 2. The molecule has 22 heavy (non-hydrogen) atoms. The molecule has 7 heteroatoms. The van der Waals surface area contributed by atoms with Crippen molar-refractivity contribution in [3.05, 3.63) is 34.9 Å². The van der Waals surface area contributed by atoms with Gasteiger partial charge in [-0.15, -0.1) is 0 Å². The monoisotopic (exact) mass is 326 g/mol. The Morgan fingerprint density at radius 2 is 1.86 bits per heavy atom. The van der Waals surface area contributed by atoms with Gasteiger partial charge in [-0.05, 0) is 37.6 Å². The Morgan fingerprint density at radius 1 is 1.23 bits per heavy atom. The highest BCUT2D eigenvalue weighted by Crippen LogP contribution is 2.09. The van der Waals surface area contributed by atoms with Crippen LogP contribution in [0.5, 0.6) is 0 Å². The SMILES string of the molecule is CC[C@H](C)NC(=O)COC(=O)CNC(=O)c1ccc(Cl)cc1. The van der Waals surface area contributed by atoms with Crippen molar-refractivity contribution in [3.8, 4) is 0 Å². The Morgan fingerprint density at radius 3 is 2.45 bits per heavy atom. The molecule has 1 atom stereocenters. The van der Waals surface area contributed by atoms with Crippen molar-refractivity contribution in [1.29, 1.82) is 0 Å². The molecule has 0 spiro atoms. The topological polar surface area (TPSA) is 84.5 Å². The van der Waals surface area contributed by atoms with E-state index in [1.54, 1.807) is 24.3 Å². The quantitative estimate of drug-likeness (QED) is 0.744. The minimum absolute atomic E-state index is 0.0239. The predicted molar refractivity (Wildman–Crippen MR) is 82.6 cm³/mol. The number of carbonyl (C=O) groups is 3. The summed E-state index contributed by atoms with van der Waals surface area (Å²) >= 11 is 5.72. The van der Waals surface area contributed by atoms with Crippen molar-refractivity contribution in [2.75, 3.05) is 13.2 Å². The summed E-state index contributed by atoms with van der Waals surface area (Å²) in [5.74, 6) is -1.47. The second-order valence-corrected chi connectivity index (χ2v) is 5.16. The molecule has 0 fully saturated rings. The average Bonchev–Trinajstić information content (AvgIpc) is 2.51. The summed E-state index contributed by atoms with van der Waals surface area (Å²) in [6.45, 7) is 3.12. The second-order valence-electron chi connectivity index (χ2n) is 4.73. The normalized spacial score (nSPS) is 11.4. The number of rotatable bonds is 7. The second kappa shape index (κ2) is 9.04. The molecule has 1 aromatic carbocycles. The van der Waals surface area contributed by atoms with E-state index in [2.05, 4.69) is 10.6 Å². The maximum absolute atomic E-state index is 11.7. The van der Waals surface area contributed by atoms with Crippen molar-refractivity contribution in [1.82, 2.24) is 10.6 Å². The van der Waals surface area contributed by atoms with Gasteiger partial charge in [-0.1, -0.05) is 18.5 Å². The lowest BCUT2D eigenvalue weighted by molar-refractivity contribution is -0.147. The Kier molecular flexibility index (Phi) is 7.39. The summed E-state index contributed by atoms with van der Waals surface area (Å²) in [5, 5.41) is 5.59. The largest absolute Gasteiger partial charge is 0.454 e. The van der Waals surface area contributed by atoms with Gasteiger partial charge in [0, 0.05) is 16.6 Å². The van der Waals surface area contributed by atoms with Gasteiger partial charge < -0.3 is 15.4 Å². The summed E-state index contributed by atoms with van der Waals surface area (Å²) in [6, 6.07) is 6.27. The van der Waals surface area contributed by atoms with E-state index >= 15 is 0 Å². The van der Waals surface area contributed by atoms with Gasteiger partial charge in [0.25, 0.3) is 11.8 Å². The number of benzene rings is 1. The number of nitrogens with one attached hydrogen (secondary N) is 2. The van der Waals surface area contributed by atoms with Crippen molar-refractivity contribution in [2.45, 2.75) is 26.3 Å². The molecular weight excluding hydrogens is 308 g/mol. The highest BCUT2D eigenvalue weighted by Gasteiger charge is 2.11. The lowest BCUT2D eigenvalue weighted by Gasteiger charge is -2.11. The molecule has 2 N–H and O–H groups in total. The summed E-state index contributed by atoms with van der Waals surface area (Å²) < 4.78 is 4.77. The van der Waals surface area contributed by atoms with Gasteiger partial charge in [-0.3, -0.25) is 14.4 Å². The van der Waals surface area contributed by atoms with Crippen LogP contribution in [0, 0.1) is 0 Å².